The number of thiol groups is 1. The summed E-state index contributed by atoms with van der Waals surface area (Å²) < 4.78 is 0. The Morgan fingerprint density at radius 2 is 1.42 bits per heavy atom. The van der Waals surface area contributed by atoms with Crippen molar-refractivity contribution in [3.8, 4) is 0 Å². The molecule has 0 fully saturated rings. The van der Waals surface area contributed by atoms with E-state index in [1.54, 1.807) is 30.3 Å². The Kier molecular flexibility index (Phi) is 14.1. The fourth-order valence-electron chi connectivity index (χ4n) is 3.24. The Bertz CT molecular complexity index is 887. The minimum atomic E-state index is -1.27. The number of benzene rings is 1. The summed E-state index contributed by atoms with van der Waals surface area (Å²) in [4.78, 5) is 60.7. The van der Waals surface area contributed by atoms with Crippen molar-refractivity contribution in [1.29, 1.82) is 0 Å². The number of nitrogens with one attached hydrogen (secondary N) is 3. The van der Waals surface area contributed by atoms with Crippen LogP contribution in [0.15, 0.2) is 30.3 Å². The standard InChI is InChI=1S/C23H35N5O7S/c24-11-5-4-8-16(21(32)28-18(13-36)23(34)35)26-22(33)17(12-14-6-2-1-3-7-14)27-20(31)15(25)9-10-19(29)30/h1-3,6-7,15-18,36H,4-5,8-13,24-25H2,(H,26,33)(H,27,31)(H,28,32)(H,29,30)(H,34,35). The molecule has 0 saturated heterocycles. The zero-order valence-electron chi connectivity index (χ0n) is 19.9. The summed E-state index contributed by atoms with van der Waals surface area (Å²) in [5, 5.41) is 25.5. The lowest BCUT2D eigenvalue weighted by atomic mass is 10.0. The summed E-state index contributed by atoms with van der Waals surface area (Å²) >= 11 is 3.93. The monoisotopic (exact) mass is 525 g/mol. The topological polar surface area (TPSA) is 214 Å². The van der Waals surface area contributed by atoms with Gasteiger partial charge in [0.2, 0.25) is 17.7 Å². The highest BCUT2D eigenvalue weighted by Gasteiger charge is 2.30. The molecule has 0 aliphatic carbocycles. The van der Waals surface area contributed by atoms with Gasteiger partial charge in [0.05, 0.1) is 6.04 Å². The number of carbonyl (C=O) groups excluding carboxylic acids is 3. The van der Waals surface area contributed by atoms with E-state index in [-0.39, 0.29) is 31.4 Å². The molecule has 12 nitrogen and oxygen atoms in total. The minimum absolute atomic E-state index is 0.0790. The van der Waals surface area contributed by atoms with E-state index in [4.69, 9.17) is 16.6 Å². The van der Waals surface area contributed by atoms with Gasteiger partial charge < -0.3 is 37.6 Å². The molecule has 0 radical (unpaired) electrons. The summed E-state index contributed by atoms with van der Waals surface area (Å²) in [5.41, 5.74) is 12.0. The van der Waals surface area contributed by atoms with Crippen LogP contribution in [0.2, 0.25) is 0 Å². The van der Waals surface area contributed by atoms with Crippen LogP contribution in [0.4, 0.5) is 0 Å². The number of carboxylic acids is 2. The SMILES string of the molecule is NCCCCC(NC(=O)C(Cc1ccccc1)NC(=O)C(N)CCC(=O)O)C(=O)NC(CS)C(=O)O. The lowest BCUT2D eigenvalue weighted by Crippen LogP contribution is -2.57. The highest BCUT2D eigenvalue weighted by atomic mass is 32.1. The second-order valence-electron chi connectivity index (χ2n) is 8.22. The molecular weight excluding hydrogens is 490 g/mol. The summed E-state index contributed by atoms with van der Waals surface area (Å²) in [6, 6.07) is 4.22. The lowest BCUT2D eigenvalue weighted by molar-refractivity contribution is -0.141. The number of carboxylic acid groups (broad SMARTS) is 2. The average Bonchev–Trinajstić information content (AvgIpc) is 2.84. The molecular formula is C23H35N5O7S. The molecule has 200 valence electrons. The third kappa shape index (κ3) is 11.5. The van der Waals surface area contributed by atoms with Crippen LogP contribution in [-0.2, 0) is 30.4 Å². The van der Waals surface area contributed by atoms with E-state index in [1.807, 2.05) is 0 Å². The number of hydrogen-bond acceptors (Lipinski definition) is 8. The fraction of sp³-hybridized carbons (Fsp3) is 0.522. The smallest absolute Gasteiger partial charge is 0.327 e. The third-order valence-electron chi connectivity index (χ3n) is 5.30. The second kappa shape index (κ2) is 16.5. The fourth-order valence-corrected chi connectivity index (χ4v) is 3.49. The van der Waals surface area contributed by atoms with E-state index < -0.39 is 53.8 Å². The Morgan fingerprint density at radius 1 is 0.833 bits per heavy atom. The summed E-state index contributed by atoms with van der Waals surface area (Å²) in [5.74, 6) is -4.62. The Labute approximate surface area is 215 Å². The van der Waals surface area contributed by atoms with E-state index in [9.17, 15) is 29.1 Å². The number of aliphatic carboxylic acids is 2. The van der Waals surface area contributed by atoms with Crippen LogP contribution < -0.4 is 27.4 Å². The van der Waals surface area contributed by atoms with E-state index in [0.29, 0.717) is 19.4 Å². The molecule has 3 amide bonds. The molecule has 36 heavy (non-hydrogen) atoms. The van der Waals surface area contributed by atoms with Crippen LogP contribution in [0, 0.1) is 0 Å². The maximum atomic E-state index is 13.2. The van der Waals surface area contributed by atoms with Crippen LogP contribution in [0.1, 0.15) is 37.7 Å². The Balaban J connectivity index is 3.05. The molecule has 4 atom stereocenters. The van der Waals surface area contributed by atoms with Gasteiger partial charge in [0.15, 0.2) is 0 Å². The molecule has 0 aliphatic heterocycles. The van der Waals surface area contributed by atoms with Crippen molar-refractivity contribution in [3.05, 3.63) is 35.9 Å². The zero-order valence-corrected chi connectivity index (χ0v) is 20.8. The number of rotatable bonds is 17. The Hall–Kier alpha value is -3.16. The van der Waals surface area contributed by atoms with Gasteiger partial charge in [0, 0.05) is 18.6 Å². The van der Waals surface area contributed by atoms with Crippen molar-refractivity contribution in [2.24, 2.45) is 11.5 Å². The molecule has 13 heteroatoms. The average molecular weight is 526 g/mol. The molecule has 9 N–H and O–H groups in total. The summed E-state index contributed by atoms with van der Waals surface area (Å²) in [6.45, 7) is 0.373. The predicted octanol–water partition coefficient (Wildman–Crippen LogP) is -0.981. The Morgan fingerprint density at radius 3 is 1.97 bits per heavy atom. The van der Waals surface area contributed by atoms with Gasteiger partial charge in [-0.15, -0.1) is 0 Å². The first-order chi connectivity index (χ1) is 17.1. The van der Waals surface area contributed by atoms with Gasteiger partial charge in [0.1, 0.15) is 18.1 Å². The number of unbranched alkanes of at least 4 members (excludes halogenated alkanes) is 1. The molecule has 0 aliphatic rings. The molecule has 1 aromatic carbocycles. The normalized spacial score (nSPS) is 14.1. The van der Waals surface area contributed by atoms with Crippen LogP contribution in [0.5, 0.6) is 0 Å². The molecule has 0 spiro atoms. The first-order valence-corrected chi connectivity index (χ1v) is 12.2. The van der Waals surface area contributed by atoms with Crippen molar-refractivity contribution in [2.75, 3.05) is 12.3 Å². The quantitative estimate of drug-likeness (QED) is 0.0925. The highest BCUT2D eigenvalue weighted by molar-refractivity contribution is 7.80. The van der Waals surface area contributed by atoms with Gasteiger partial charge in [0.25, 0.3) is 0 Å². The van der Waals surface area contributed by atoms with Crippen molar-refractivity contribution in [2.45, 2.75) is 62.7 Å². The van der Waals surface area contributed by atoms with Crippen molar-refractivity contribution in [3.63, 3.8) is 0 Å². The van der Waals surface area contributed by atoms with Crippen molar-refractivity contribution in [1.82, 2.24) is 16.0 Å². The van der Waals surface area contributed by atoms with Gasteiger partial charge in [-0.3, -0.25) is 19.2 Å². The van der Waals surface area contributed by atoms with Crippen LogP contribution in [0.3, 0.4) is 0 Å². The molecule has 0 heterocycles. The molecule has 0 aromatic heterocycles. The maximum Gasteiger partial charge on any atom is 0.327 e. The minimum Gasteiger partial charge on any atom is -0.481 e. The molecule has 1 aromatic rings. The molecule has 4 unspecified atom stereocenters. The van der Waals surface area contributed by atoms with E-state index in [0.717, 1.165) is 5.56 Å². The van der Waals surface area contributed by atoms with E-state index in [1.165, 1.54) is 0 Å². The number of nitrogens with two attached hydrogens (primary N) is 2. The summed E-state index contributed by atoms with van der Waals surface area (Å²) in [6.07, 6.45) is 0.905. The largest absolute Gasteiger partial charge is 0.481 e. The van der Waals surface area contributed by atoms with Crippen LogP contribution in [0.25, 0.3) is 0 Å². The first kappa shape index (κ1) is 30.9. The first-order valence-electron chi connectivity index (χ1n) is 11.5. The third-order valence-corrected chi connectivity index (χ3v) is 5.66. The second-order valence-corrected chi connectivity index (χ2v) is 8.58. The van der Waals surface area contributed by atoms with Gasteiger partial charge in [-0.05, 0) is 37.8 Å². The van der Waals surface area contributed by atoms with E-state index >= 15 is 0 Å². The summed E-state index contributed by atoms with van der Waals surface area (Å²) in [7, 11) is 0. The number of carbonyl (C=O) groups is 5. The maximum absolute atomic E-state index is 13.2. The van der Waals surface area contributed by atoms with Gasteiger partial charge in [-0.1, -0.05) is 30.3 Å². The van der Waals surface area contributed by atoms with Crippen molar-refractivity contribution < 1.29 is 34.2 Å². The zero-order chi connectivity index (χ0) is 27.1. The highest BCUT2D eigenvalue weighted by Crippen LogP contribution is 2.08. The number of hydrogen-bond donors (Lipinski definition) is 8. The van der Waals surface area contributed by atoms with Gasteiger partial charge >= 0.3 is 11.9 Å². The van der Waals surface area contributed by atoms with Crippen LogP contribution >= 0.6 is 12.6 Å². The van der Waals surface area contributed by atoms with Crippen molar-refractivity contribution >= 4 is 42.3 Å². The van der Waals surface area contributed by atoms with E-state index in [2.05, 4.69) is 28.6 Å². The lowest BCUT2D eigenvalue weighted by Gasteiger charge is -2.25. The van der Waals surface area contributed by atoms with Gasteiger partial charge in [-0.25, -0.2) is 4.79 Å². The molecule has 0 bridgehead atoms. The predicted molar refractivity (Wildman–Crippen MR) is 135 cm³/mol. The molecule has 1 rings (SSSR count). The molecule has 0 saturated carbocycles. The number of amides is 3. The van der Waals surface area contributed by atoms with Gasteiger partial charge in [-0.2, -0.15) is 12.6 Å². The van der Waals surface area contributed by atoms with Crippen LogP contribution in [-0.4, -0.2) is 76.3 Å².